The van der Waals surface area contributed by atoms with Gasteiger partial charge in [0.2, 0.25) is 0 Å². The standard InChI is InChI=1S/C59H76N4O12/c1-9-32-33(10-2)41-27-43-35(12-4)37(14-6)49(62-43)46(56-59(15-7,16-8)39-19-17-18-38(48(39)63-56)47-36(13-5)34(11-3)42(61-47)26-40(32)60-41)30-20-22-31(23-21-30)71-24-25-72-57-54(70)52(68)55(45(29-65)74-57)75-58-53(69)51(67)50(66)44(28-64)73-58/h17-23,26-27,44-45,50-55,57-58,60,62,64-70H,9-16,24-25,28-29H2,1-8H3/t44-,45-,50-,51+,52-,53-,54-,55-,57-,58-/m1/s1. The van der Waals surface area contributed by atoms with Gasteiger partial charge in [0.05, 0.1) is 47.9 Å². The molecule has 9 rings (SSSR count). The number of ether oxygens (including phenoxy) is 5. The Bertz CT molecular complexity index is 3050. The highest BCUT2D eigenvalue weighted by atomic mass is 16.7. The van der Waals surface area contributed by atoms with Crippen LogP contribution >= 0.6 is 0 Å². The van der Waals surface area contributed by atoms with Crippen molar-refractivity contribution in [3.63, 3.8) is 0 Å². The Labute approximate surface area is 438 Å². The summed E-state index contributed by atoms with van der Waals surface area (Å²) in [6, 6.07) is 19.3. The van der Waals surface area contributed by atoms with Crippen molar-refractivity contribution < 1.29 is 59.4 Å². The number of aliphatic hydroxyl groups excluding tert-OH is 7. The molecule has 8 bridgehead atoms. The summed E-state index contributed by atoms with van der Waals surface area (Å²) >= 11 is 0. The van der Waals surface area contributed by atoms with Crippen molar-refractivity contribution in [1.82, 2.24) is 19.9 Å². The van der Waals surface area contributed by atoms with E-state index in [1.54, 1.807) is 0 Å². The summed E-state index contributed by atoms with van der Waals surface area (Å²) in [5.41, 5.74) is 18.8. The molecule has 4 aliphatic heterocycles. The summed E-state index contributed by atoms with van der Waals surface area (Å²) in [5, 5.41) is 74.0. The van der Waals surface area contributed by atoms with Gasteiger partial charge in [0, 0.05) is 32.9 Å². The van der Waals surface area contributed by atoms with Crippen LogP contribution in [-0.4, -0.2) is 144 Å². The maximum atomic E-state index is 11.1. The number of para-hydroxylation sites is 1. The van der Waals surface area contributed by atoms with Gasteiger partial charge in [-0.2, -0.15) is 0 Å². The molecule has 7 heterocycles. The SMILES string of the molecule is CCC1=C(CC)c2nc1cc1[nH]c(cc3[nH]c(c(CC)c3CC)c(-c3ccc(OCCO[C@@H]4O[C@H](CO)[C@@H](O[C@H]5O[C@H](CO)[C@@H](O)[C@H](O)[C@H]5O)[C@H](O)[C@H]4O)cc3)c3nc4c(cccc24)C3(CC)CC)c(CC)c1CC. The first-order valence-electron chi connectivity index (χ1n) is 27.2. The Balaban J connectivity index is 1.09. The van der Waals surface area contributed by atoms with Crippen LogP contribution in [0, 0.1) is 0 Å². The average Bonchev–Trinajstić information content (AvgIpc) is 4.19. The topological polar surface area (TPSA) is 245 Å². The van der Waals surface area contributed by atoms with Crippen LogP contribution in [0.3, 0.4) is 0 Å². The molecule has 16 heteroatoms. The van der Waals surface area contributed by atoms with Crippen molar-refractivity contribution in [2.24, 2.45) is 0 Å². The van der Waals surface area contributed by atoms with Crippen LogP contribution in [-0.2, 0) is 50.0 Å². The number of aliphatic hydroxyl groups is 7. The van der Waals surface area contributed by atoms with Crippen molar-refractivity contribution in [2.75, 3.05) is 26.4 Å². The first kappa shape index (κ1) is 54.7. The van der Waals surface area contributed by atoms with Crippen LogP contribution in [0.1, 0.15) is 126 Å². The predicted molar refractivity (Wildman–Crippen MR) is 288 cm³/mol. The molecule has 10 atom stereocenters. The van der Waals surface area contributed by atoms with E-state index in [2.05, 4.69) is 108 Å². The van der Waals surface area contributed by atoms with E-state index in [1.165, 1.54) is 39.0 Å². The maximum absolute atomic E-state index is 11.1. The van der Waals surface area contributed by atoms with Crippen molar-refractivity contribution in [3.05, 3.63) is 99.5 Å². The molecule has 0 aliphatic carbocycles. The van der Waals surface area contributed by atoms with E-state index in [0.29, 0.717) is 5.75 Å². The zero-order chi connectivity index (χ0) is 53.5. The highest BCUT2D eigenvalue weighted by Crippen LogP contribution is 2.50. The smallest absolute Gasteiger partial charge is 0.187 e. The number of benzene rings is 2. The van der Waals surface area contributed by atoms with Crippen molar-refractivity contribution in [1.29, 1.82) is 0 Å². The van der Waals surface area contributed by atoms with Gasteiger partial charge in [0.1, 0.15) is 61.2 Å². The first-order chi connectivity index (χ1) is 36.3. The fourth-order valence-electron chi connectivity index (χ4n) is 12.3. The molecule has 75 heavy (non-hydrogen) atoms. The molecule has 9 N–H and O–H groups in total. The number of allylic oxidation sites excluding steroid dienone is 2. The minimum atomic E-state index is -1.77. The van der Waals surface area contributed by atoms with Crippen molar-refractivity contribution in [3.8, 4) is 16.9 Å². The normalized spacial score (nSPS) is 25.7. The minimum Gasteiger partial charge on any atom is -0.491 e. The number of nitrogens with one attached hydrogen (secondary N) is 2. The predicted octanol–water partition coefficient (Wildman–Crippen LogP) is 7.24. The summed E-state index contributed by atoms with van der Waals surface area (Å²) in [4.78, 5) is 19.3. The van der Waals surface area contributed by atoms with E-state index in [0.717, 1.165) is 113 Å². The van der Waals surface area contributed by atoms with Crippen LogP contribution in [0.25, 0.3) is 55.2 Å². The largest absolute Gasteiger partial charge is 0.491 e. The number of hydrogen-bond acceptors (Lipinski definition) is 14. The molecule has 4 aliphatic rings. The summed E-state index contributed by atoms with van der Waals surface area (Å²) in [5.74, 6) is 0.569. The summed E-state index contributed by atoms with van der Waals surface area (Å²) < 4.78 is 29.0. The van der Waals surface area contributed by atoms with Gasteiger partial charge in [-0.15, -0.1) is 0 Å². The summed E-state index contributed by atoms with van der Waals surface area (Å²) in [7, 11) is 0. The molecule has 0 amide bonds. The third-order valence-electron chi connectivity index (χ3n) is 16.3. The third kappa shape index (κ3) is 9.53. The molecular formula is C59H76N4O12. The number of rotatable bonds is 18. The van der Waals surface area contributed by atoms with Crippen LogP contribution in [0.5, 0.6) is 5.75 Å². The quantitative estimate of drug-likeness (QED) is 0.0393. The van der Waals surface area contributed by atoms with E-state index in [9.17, 15) is 35.7 Å². The number of aryl methyl sites for hydroxylation is 4. The van der Waals surface area contributed by atoms with E-state index < -0.39 is 80.0 Å². The average molecular weight is 1030 g/mol. The number of H-pyrrole nitrogens is 2. The van der Waals surface area contributed by atoms with Crippen LogP contribution in [0.2, 0.25) is 0 Å². The molecule has 404 valence electrons. The van der Waals surface area contributed by atoms with Crippen LogP contribution < -0.4 is 4.74 Å². The lowest BCUT2D eigenvalue weighted by molar-refractivity contribution is -0.359. The molecule has 2 fully saturated rings. The Morgan fingerprint density at radius 2 is 1.21 bits per heavy atom. The molecule has 0 unspecified atom stereocenters. The first-order valence-corrected chi connectivity index (χ1v) is 27.2. The third-order valence-corrected chi connectivity index (χ3v) is 16.3. The number of hydrogen-bond donors (Lipinski definition) is 9. The number of fused-ring (bicyclic) bond motifs is 8. The van der Waals surface area contributed by atoms with Crippen LogP contribution in [0.4, 0.5) is 0 Å². The molecular weight excluding hydrogens is 957 g/mol. The fraction of sp³-hybridized carbons (Fsp3) is 0.525. The van der Waals surface area contributed by atoms with Gasteiger partial charge in [-0.3, -0.25) is 4.98 Å². The monoisotopic (exact) mass is 1030 g/mol. The van der Waals surface area contributed by atoms with Gasteiger partial charge in [-0.05, 0) is 120 Å². The molecule has 2 aromatic carbocycles. The Morgan fingerprint density at radius 1 is 0.600 bits per heavy atom. The molecule has 16 nitrogen and oxygen atoms in total. The molecule has 0 spiro atoms. The lowest BCUT2D eigenvalue weighted by atomic mass is 9.72. The molecule has 0 radical (unpaired) electrons. The van der Waals surface area contributed by atoms with Crippen molar-refractivity contribution >= 4 is 44.1 Å². The molecule has 2 saturated heterocycles. The fourth-order valence-corrected chi connectivity index (χ4v) is 12.3. The van der Waals surface area contributed by atoms with Crippen LogP contribution in [0.15, 0.2) is 54.6 Å². The number of aromatic nitrogens is 4. The lowest BCUT2D eigenvalue weighted by Gasteiger charge is -2.45. The second-order valence-electron chi connectivity index (χ2n) is 20.1. The second kappa shape index (κ2) is 22.9. The van der Waals surface area contributed by atoms with Gasteiger partial charge >= 0.3 is 0 Å². The minimum absolute atomic E-state index is 0.0388. The van der Waals surface area contributed by atoms with Gasteiger partial charge in [-0.25, -0.2) is 4.98 Å². The van der Waals surface area contributed by atoms with Gasteiger partial charge < -0.3 is 69.4 Å². The summed E-state index contributed by atoms with van der Waals surface area (Å²) in [6.07, 6.45) is -8.73. The van der Waals surface area contributed by atoms with Gasteiger partial charge in [0.15, 0.2) is 12.6 Å². The Hall–Kier alpha value is -5.08. The number of aromatic amines is 2. The maximum Gasteiger partial charge on any atom is 0.187 e. The molecule has 3 aromatic heterocycles. The summed E-state index contributed by atoms with van der Waals surface area (Å²) in [6.45, 7) is 16.5. The molecule has 0 saturated carbocycles. The van der Waals surface area contributed by atoms with Crippen molar-refractivity contribution in [2.45, 2.75) is 174 Å². The Morgan fingerprint density at radius 3 is 1.84 bits per heavy atom. The van der Waals surface area contributed by atoms with E-state index >= 15 is 0 Å². The Kier molecular flexibility index (Phi) is 16.7. The van der Waals surface area contributed by atoms with E-state index in [4.69, 9.17) is 33.7 Å². The van der Waals surface area contributed by atoms with E-state index in [1.807, 2.05) is 12.1 Å². The van der Waals surface area contributed by atoms with Gasteiger partial charge in [0.25, 0.3) is 0 Å². The zero-order valence-corrected chi connectivity index (χ0v) is 44.5. The second-order valence-corrected chi connectivity index (χ2v) is 20.1. The highest BCUT2D eigenvalue weighted by Gasteiger charge is 2.51. The van der Waals surface area contributed by atoms with E-state index in [-0.39, 0.29) is 13.2 Å². The van der Waals surface area contributed by atoms with Gasteiger partial charge in [-0.1, -0.05) is 85.7 Å². The highest BCUT2D eigenvalue weighted by molar-refractivity contribution is 6.03. The number of nitrogens with zero attached hydrogens (tertiary/aromatic N) is 2. The molecule has 5 aromatic rings. The zero-order valence-electron chi connectivity index (χ0n) is 44.5. The lowest BCUT2D eigenvalue weighted by Crippen LogP contribution is -2.64.